The number of amides is 1. The number of carbonyl (C=O) groups excluding carboxylic acids is 1. The van der Waals surface area contributed by atoms with Gasteiger partial charge in [0, 0.05) is 24.2 Å². The number of halogens is 1. The Hall–Kier alpha value is -4.67. The molecule has 3 N–H and O–H groups in total. The van der Waals surface area contributed by atoms with Gasteiger partial charge in [-0.05, 0) is 49.6 Å². The zero-order valence-corrected chi connectivity index (χ0v) is 20.8. The summed E-state index contributed by atoms with van der Waals surface area (Å²) in [5.41, 5.74) is 8.79. The van der Waals surface area contributed by atoms with Crippen LogP contribution >= 0.6 is 0 Å². The molecule has 0 radical (unpaired) electrons. The molecule has 1 amide bonds. The van der Waals surface area contributed by atoms with Crippen molar-refractivity contribution in [1.29, 1.82) is 0 Å². The Labute approximate surface area is 216 Å². The van der Waals surface area contributed by atoms with E-state index in [4.69, 9.17) is 15.8 Å². The van der Waals surface area contributed by atoms with Crippen molar-refractivity contribution in [2.75, 3.05) is 12.8 Å². The molecule has 1 unspecified atom stereocenters. The molecule has 192 valence electrons. The number of benzene rings is 2. The molecule has 0 bridgehead atoms. The fraction of sp³-hybridized carbons (Fsp3) is 0.259. The average Bonchev–Trinajstić information content (AvgIpc) is 3.69. The van der Waals surface area contributed by atoms with E-state index >= 15 is 0 Å². The molecule has 0 aliphatic heterocycles. The van der Waals surface area contributed by atoms with Gasteiger partial charge in [-0.1, -0.05) is 19.1 Å². The molecule has 10 nitrogen and oxygen atoms in total. The summed E-state index contributed by atoms with van der Waals surface area (Å²) in [6, 6.07) is 10.7. The molecule has 11 heteroatoms. The Morgan fingerprint density at radius 1 is 1.18 bits per heavy atom. The van der Waals surface area contributed by atoms with Crippen molar-refractivity contribution in [2.24, 2.45) is 0 Å². The highest BCUT2D eigenvalue weighted by Crippen LogP contribution is 2.39. The van der Waals surface area contributed by atoms with E-state index in [1.54, 1.807) is 40.6 Å². The molecule has 5 aromatic rings. The normalized spacial score (nSPS) is 14.2. The SMILES string of the molecule is CCC(c1nc2ccc(F)cc2c(=O)n1C1CC1)n1nc(-c2ccc(C(=O)NC)cc2)c2c(N)ncnc21. The van der Waals surface area contributed by atoms with Gasteiger partial charge < -0.3 is 11.1 Å². The molecule has 0 spiro atoms. The standard InChI is InChI=1S/C27H25FN8O2/c1-3-20(24-33-19-11-8-16(28)12-18(19)27(38)35(24)17-9-10-17)36-25-21(23(29)31-13-32-25)22(34-36)14-4-6-15(7-5-14)26(37)30-2/h4-8,11-13,17,20H,3,9-10H2,1-2H3,(H,30,37)(H2,29,31,32). The minimum atomic E-state index is -0.476. The maximum atomic E-state index is 14.0. The second-order valence-electron chi connectivity index (χ2n) is 9.37. The van der Waals surface area contributed by atoms with Crippen molar-refractivity contribution in [3.63, 3.8) is 0 Å². The third-order valence-corrected chi connectivity index (χ3v) is 6.95. The Morgan fingerprint density at radius 3 is 2.63 bits per heavy atom. The largest absolute Gasteiger partial charge is 0.383 e. The number of hydrogen-bond acceptors (Lipinski definition) is 7. The lowest BCUT2D eigenvalue weighted by molar-refractivity contribution is 0.0963. The first kappa shape index (κ1) is 23.7. The lowest BCUT2D eigenvalue weighted by Gasteiger charge is -2.21. The first-order valence-corrected chi connectivity index (χ1v) is 12.4. The third-order valence-electron chi connectivity index (χ3n) is 6.95. The average molecular weight is 513 g/mol. The van der Waals surface area contributed by atoms with Gasteiger partial charge in [0.15, 0.2) is 5.65 Å². The van der Waals surface area contributed by atoms with Gasteiger partial charge in [-0.2, -0.15) is 5.10 Å². The molecule has 1 fully saturated rings. The number of anilines is 1. The van der Waals surface area contributed by atoms with Crippen LogP contribution < -0.4 is 16.6 Å². The highest BCUT2D eigenvalue weighted by atomic mass is 19.1. The lowest BCUT2D eigenvalue weighted by Crippen LogP contribution is -2.29. The van der Waals surface area contributed by atoms with Crippen LogP contribution in [0.15, 0.2) is 53.6 Å². The molecule has 1 saturated carbocycles. The Morgan fingerprint density at radius 2 is 1.95 bits per heavy atom. The molecule has 6 rings (SSSR count). The van der Waals surface area contributed by atoms with Gasteiger partial charge in [-0.3, -0.25) is 14.2 Å². The summed E-state index contributed by atoms with van der Waals surface area (Å²) in [6.07, 6.45) is 3.64. The van der Waals surface area contributed by atoms with E-state index < -0.39 is 11.9 Å². The minimum Gasteiger partial charge on any atom is -0.383 e. The third kappa shape index (κ3) is 3.78. The van der Waals surface area contributed by atoms with Crippen LogP contribution in [0.25, 0.3) is 33.2 Å². The highest BCUT2D eigenvalue weighted by Gasteiger charge is 2.33. The molecular weight excluding hydrogens is 487 g/mol. The molecule has 1 atom stereocenters. The highest BCUT2D eigenvalue weighted by molar-refractivity contribution is 5.99. The number of nitrogen functional groups attached to an aromatic ring is 1. The van der Waals surface area contributed by atoms with E-state index in [0.29, 0.717) is 40.1 Å². The summed E-state index contributed by atoms with van der Waals surface area (Å²) in [6.45, 7) is 1.98. The fourth-order valence-corrected chi connectivity index (χ4v) is 4.91. The molecule has 38 heavy (non-hydrogen) atoms. The maximum Gasteiger partial charge on any atom is 0.261 e. The van der Waals surface area contributed by atoms with Gasteiger partial charge >= 0.3 is 0 Å². The van der Waals surface area contributed by atoms with Gasteiger partial charge in [0.25, 0.3) is 11.5 Å². The van der Waals surface area contributed by atoms with Gasteiger partial charge in [-0.25, -0.2) is 24.0 Å². The number of nitrogens with two attached hydrogens (primary N) is 1. The lowest BCUT2D eigenvalue weighted by atomic mass is 10.1. The monoisotopic (exact) mass is 512 g/mol. The summed E-state index contributed by atoms with van der Waals surface area (Å²) < 4.78 is 17.4. The second-order valence-corrected chi connectivity index (χ2v) is 9.37. The Balaban J connectivity index is 1.57. The molecular formula is C27H25FN8O2. The minimum absolute atomic E-state index is 0.00460. The summed E-state index contributed by atoms with van der Waals surface area (Å²) in [5.74, 6) is 0.141. The van der Waals surface area contributed by atoms with Gasteiger partial charge in [0.05, 0.1) is 16.3 Å². The van der Waals surface area contributed by atoms with Gasteiger partial charge in [0.1, 0.15) is 35.5 Å². The van der Waals surface area contributed by atoms with E-state index in [2.05, 4.69) is 15.3 Å². The summed E-state index contributed by atoms with van der Waals surface area (Å²) >= 11 is 0. The van der Waals surface area contributed by atoms with Gasteiger partial charge in [-0.15, -0.1) is 0 Å². The van der Waals surface area contributed by atoms with Crippen molar-refractivity contribution in [2.45, 2.75) is 38.3 Å². The molecule has 1 aliphatic rings. The summed E-state index contributed by atoms with van der Waals surface area (Å²) in [4.78, 5) is 39.1. The Kier molecular flexibility index (Phi) is 5.63. The number of hydrogen-bond donors (Lipinski definition) is 2. The van der Waals surface area contributed by atoms with Gasteiger partial charge in [0.2, 0.25) is 0 Å². The van der Waals surface area contributed by atoms with E-state index in [1.807, 2.05) is 6.92 Å². The number of nitrogens with one attached hydrogen (secondary N) is 1. The first-order valence-electron chi connectivity index (χ1n) is 12.4. The molecule has 1 aliphatic carbocycles. The molecule has 0 saturated heterocycles. The Bertz CT molecular complexity index is 1770. The van der Waals surface area contributed by atoms with Crippen LogP contribution in [0.2, 0.25) is 0 Å². The van der Waals surface area contributed by atoms with Crippen LogP contribution in [-0.2, 0) is 0 Å². The number of fused-ring (bicyclic) bond motifs is 2. The van der Waals surface area contributed by atoms with E-state index in [9.17, 15) is 14.0 Å². The van der Waals surface area contributed by atoms with Crippen molar-refractivity contribution >= 4 is 33.7 Å². The quantitative estimate of drug-likeness (QED) is 0.355. The molecule has 2 aromatic carbocycles. The number of rotatable bonds is 6. The zero-order chi connectivity index (χ0) is 26.6. The summed E-state index contributed by atoms with van der Waals surface area (Å²) in [5, 5.41) is 8.36. The van der Waals surface area contributed by atoms with Crippen LogP contribution in [0.3, 0.4) is 0 Å². The van der Waals surface area contributed by atoms with Crippen molar-refractivity contribution in [3.8, 4) is 11.3 Å². The van der Waals surface area contributed by atoms with E-state index in [1.165, 1.54) is 24.5 Å². The topological polar surface area (TPSA) is 134 Å². The van der Waals surface area contributed by atoms with Crippen LogP contribution in [0.5, 0.6) is 0 Å². The van der Waals surface area contributed by atoms with Crippen molar-refractivity contribution in [3.05, 3.63) is 76.4 Å². The van der Waals surface area contributed by atoms with E-state index in [0.717, 1.165) is 18.4 Å². The molecule has 3 aromatic heterocycles. The predicted molar refractivity (Wildman–Crippen MR) is 141 cm³/mol. The van der Waals surface area contributed by atoms with Crippen molar-refractivity contribution < 1.29 is 9.18 Å². The van der Waals surface area contributed by atoms with Crippen molar-refractivity contribution in [1.82, 2.24) is 34.6 Å². The summed E-state index contributed by atoms with van der Waals surface area (Å²) in [7, 11) is 1.58. The van der Waals surface area contributed by atoms with Crippen LogP contribution in [0, 0.1) is 5.82 Å². The smallest absolute Gasteiger partial charge is 0.261 e. The number of nitrogens with zero attached hydrogens (tertiary/aromatic N) is 6. The fourth-order valence-electron chi connectivity index (χ4n) is 4.91. The van der Waals surface area contributed by atoms with Crippen LogP contribution in [0.1, 0.15) is 54.5 Å². The zero-order valence-electron chi connectivity index (χ0n) is 20.8. The van der Waals surface area contributed by atoms with Crippen LogP contribution in [-0.4, -0.2) is 42.3 Å². The molecule has 3 heterocycles. The number of aromatic nitrogens is 6. The van der Waals surface area contributed by atoms with Crippen LogP contribution in [0.4, 0.5) is 10.2 Å². The maximum absolute atomic E-state index is 14.0. The number of carbonyl (C=O) groups is 1. The second kappa shape index (κ2) is 9.02. The predicted octanol–water partition coefficient (Wildman–Crippen LogP) is 3.62. The first-order chi connectivity index (χ1) is 18.4. The van der Waals surface area contributed by atoms with E-state index in [-0.39, 0.29) is 28.7 Å².